The molecule has 0 bridgehead atoms. The summed E-state index contributed by atoms with van der Waals surface area (Å²) in [4.78, 5) is 11.6. The zero-order valence-electron chi connectivity index (χ0n) is 16.7. The molecule has 0 rings (SSSR count). The van der Waals surface area contributed by atoms with Gasteiger partial charge in [-0.05, 0) is 18.3 Å². The van der Waals surface area contributed by atoms with E-state index in [-0.39, 0.29) is 12.7 Å². The quantitative estimate of drug-likeness (QED) is 0.487. The molecule has 146 valence electrons. The summed E-state index contributed by atoms with van der Waals surface area (Å²) in [5, 5.41) is 2.84. The maximum absolute atomic E-state index is 11.6. The van der Waals surface area contributed by atoms with E-state index in [1.807, 2.05) is 20.8 Å². The van der Waals surface area contributed by atoms with Crippen LogP contribution in [0, 0.1) is 10.8 Å². The second-order valence-electron chi connectivity index (χ2n) is 7.96. The third-order valence-corrected chi connectivity index (χ3v) is 4.06. The molecule has 0 aromatic carbocycles. The van der Waals surface area contributed by atoms with Gasteiger partial charge in [0.2, 0.25) is 5.91 Å². The second-order valence-corrected chi connectivity index (χ2v) is 7.96. The molecule has 1 N–H and O–H groups in total. The molecule has 0 radical (unpaired) electrons. The second kappa shape index (κ2) is 12.7. The summed E-state index contributed by atoms with van der Waals surface area (Å²) in [6.07, 6.45) is 3.50. The average molecular weight is 348 g/mol. The zero-order valence-corrected chi connectivity index (χ0v) is 16.7. The van der Waals surface area contributed by atoms with Crippen molar-refractivity contribution in [3.05, 3.63) is 0 Å². The smallest absolute Gasteiger partial charge is 0.225 e. The fourth-order valence-electron chi connectivity index (χ4n) is 1.87. The third-order valence-electron chi connectivity index (χ3n) is 4.06. The highest BCUT2D eigenvalue weighted by molar-refractivity contribution is 5.81. The molecule has 5 heteroatoms. The van der Waals surface area contributed by atoms with E-state index in [4.69, 9.17) is 14.2 Å². The third kappa shape index (κ3) is 13.8. The van der Waals surface area contributed by atoms with Crippen LogP contribution >= 0.6 is 0 Å². The highest BCUT2D eigenvalue weighted by atomic mass is 16.5. The summed E-state index contributed by atoms with van der Waals surface area (Å²) in [5.41, 5.74) is 0.0684. The number of ether oxygens (including phenoxy) is 3. The molecule has 5 nitrogen and oxygen atoms in total. The highest BCUT2D eigenvalue weighted by Crippen LogP contribution is 2.25. The number of rotatable bonds is 14. The molecule has 0 fully saturated rings. The van der Waals surface area contributed by atoms with Crippen LogP contribution in [0.2, 0.25) is 0 Å². The van der Waals surface area contributed by atoms with Gasteiger partial charge in [-0.1, -0.05) is 48.0 Å². The van der Waals surface area contributed by atoms with Crippen LogP contribution in [0.5, 0.6) is 0 Å². The minimum atomic E-state index is -0.352. The molecule has 0 saturated heterocycles. The molecule has 0 aliphatic rings. The van der Waals surface area contributed by atoms with Crippen LogP contribution in [-0.2, 0) is 19.0 Å². The van der Waals surface area contributed by atoms with E-state index in [0.717, 1.165) is 13.0 Å². The van der Waals surface area contributed by atoms with Crippen molar-refractivity contribution in [2.75, 3.05) is 46.2 Å². The Kier molecular flexibility index (Phi) is 12.3. The molecule has 0 aliphatic heterocycles. The van der Waals surface area contributed by atoms with Crippen molar-refractivity contribution in [2.24, 2.45) is 10.8 Å². The topological polar surface area (TPSA) is 56.8 Å². The van der Waals surface area contributed by atoms with Gasteiger partial charge >= 0.3 is 0 Å². The van der Waals surface area contributed by atoms with Crippen LogP contribution in [0.25, 0.3) is 0 Å². The lowest BCUT2D eigenvalue weighted by Gasteiger charge is -2.22. The lowest BCUT2D eigenvalue weighted by atomic mass is 9.85. The van der Waals surface area contributed by atoms with Gasteiger partial charge in [-0.25, -0.2) is 0 Å². The lowest BCUT2D eigenvalue weighted by Crippen LogP contribution is -2.36. The van der Waals surface area contributed by atoms with Gasteiger partial charge in [-0.15, -0.1) is 0 Å². The van der Waals surface area contributed by atoms with Crippen LogP contribution in [0.3, 0.4) is 0 Å². The Morgan fingerprint density at radius 1 is 0.875 bits per heavy atom. The van der Waals surface area contributed by atoms with Gasteiger partial charge in [0.15, 0.2) is 0 Å². The monoisotopic (exact) mass is 347 g/mol. The number of hydrogen-bond donors (Lipinski definition) is 1. The molecule has 24 heavy (non-hydrogen) atoms. The fraction of sp³-hybridized carbons (Fsp3) is 0.947. The van der Waals surface area contributed by atoms with E-state index < -0.39 is 0 Å². The van der Waals surface area contributed by atoms with Crippen LogP contribution in [0.15, 0.2) is 0 Å². The number of carbonyl (C=O) groups is 1. The molecule has 0 saturated carbocycles. The minimum absolute atomic E-state index is 0. The number of carbonyl (C=O) groups excluding carboxylic acids is 1. The Morgan fingerprint density at radius 2 is 1.38 bits per heavy atom. The maximum atomic E-state index is 11.6. The summed E-state index contributed by atoms with van der Waals surface area (Å²) in [6, 6.07) is 0. The standard InChI is InChI=1S/C19H39NO4.H2/c1-7-19(5,6)9-8-11-22-13-15-24-16-14-23-12-10-20-17(21)18(2,3)4;/h7-16H2,1-6H3,(H,20,21);1H. The summed E-state index contributed by atoms with van der Waals surface area (Å²) >= 11 is 0. The van der Waals surface area contributed by atoms with E-state index in [9.17, 15) is 4.79 Å². The Morgan fingerprint density at radius 3 is 1.88 bits per heavy atom. The first kappa shape index (κ1) is 23.4. The van der Waals surface area contributed by atoms with Crippen molar-refractivity contribution >= 4 is 5.91 Å². The highest BCUT2D eigenvalue weighted by Gasteiger charge is 2.20. The summed E-state index contributed by atoms with van der Waals surface area (Å²) < 4.78 is 16.4. The van der Waals surface area contributed by atoms with Crippen LogP contribution < -0.4 is 5.32 Å². The molecule has 0 atom stereocenters. The van der Waals surface area contributed by atoms with Crippen molar-refractivity contribution in [1.29, 1.82) is 0 Å². The van der Waals surface area contributed by atoms with Gasteiger partial charge in [0.1, 0.15) is 0 Å². The van der Waals surface area contributed by atoms with Crippen molar-refractivity contribution in [3.63, 3.8) is 0 Å². The van der Waals surface area contributed by atoms with E-state index in [1.165, 1.54) is 12.8 Å². The summed E-state index contributed by atoms with van der Waals surface area (Å²) in [6.45, 7) is 16.7. The van der Waals surface area contributed by atoms with Gasteiger partial charge in [0.25, 0.3) is 0 Å². The van der Waals surface area contributed by atoms with E-state index in [2.05, 4.69) is 26.1 Å². The number of nitrogens with one attached hydrogen (secondary N) is 1. The lowest BCUT2D eigenvalue weighted by molar-refractivity contribution is -0.128. The van der Waals surface area contributed by atoms with Gasteiger partial charge in [-0.3, -0.25) is 4.79 Å². The normalized spacial score (nSPS) is 12.4. The Balaban J connectivity index is 0. The summed E-state index contributed by atoms with van der Waals surface area (Å²) in [5.74, 6) is 0.0434. The Bertz CT molecular complexity index is 330. The molecule has 1 amide bonds. The van der Waals surface area contributed by atoms with Crippen LogP contribution in [0.1, 0.15) is 62.2 Å². The number of amides is 1. The molecule has 0 aromatic heterocycles. The average Bonchev–Trinajstić information content (AvgIpc) is 2.50. The van der Waals surface area contributed by atoms with E-state index in [1.54, 1.807) is 0 Å². The summed E-state index contributed by atoms with van der Waals surface area (Å²) in [7, 11) is 0. The Labute approximate surface area is 150 Å². The Hall–Kier alpha value is -0.650. The zero-order chi connectivity index (χ0) is 18.5. The van der Waals surface area contributed by atoms with Crippen molar-refractivity contribution in [2.45, 2.75) is 60.8 Å². The molecular weight excluding hydrogens is 306 g/mol. The van der Waals surface area contributed by atoms with E-state index in [0.29, 0.717) is 45.0 Å². The number of hydrogen-bond acceptors (Lipinski definition) is 4. The largest absolute Gasteiger partial charge is 0.379 e. The predicted molar refractivity (Wildman–Crippen MR) is 100 cm³/mol. The van der Waals surface area contributed by atoms with Gasteiger partial charge < -0.3 is 19.5 Å². The van der Waals surface area contributed by atoms with Crippen LogP contribution in [-0.4, -0.2) is 52.1 Å². The van der Waals surface area contributed by atoms with E-state index >= 15 is 0 Å². The molecular formula is C19H41NO4. The van der Waals surface area contributed by atoms with Gasteiger partial charge in [0, 0.05) is 20.0 Å². The van der Waals surface area contributed by atoms with Crippen molar-refractivity contribution in [1.82, 2.24) is 5.32 Å². The molecule has 0 spiro atoms. The van der Waals surface area contributed by atoms with Crippen molar-refractivity contribution in [3.8, 4) is 0 Å². The van der Waals surface area contributed by atoms with Gasteiger partial charge in [-0.2, -0.15) is 0 Å². The SMILES string of the molecule is CCC(C)(C)CCCOCCOCCOCCNC(=O)C(C)(C)C.[HH]. The first-order valence-corrected chi connectivity index (χ1v) is 9.20. The fourth-order valence-corrected chi connectivity index (χ4v) is 1.87. The maximum Gasteiger partial charge on any atom is 0.225 e. The van der Waals surface area contributed by atoms with Crippen LogP contribution in [0.4, 0.5) is 0 Å². The first-order chi connectivity index (χ1) is 11.2. The molecule has 0 aromatic rings. The molecule has 0 heterocycles. The predicted octanol–water partition coefficient (Wildman–Crippen LogP) is 3.66. The van der Waals surface area contributed by atoms with Crippen molar-refractivity contribution < 1.29 is 20.4 Å². The van der Waals surface area contributed by atoms with Gasteiger partial charge in [0.05, 0.1) is 33.0 Å². The molecule has 0 unspecified atom stereocenters. The molecule has 0 aliphatic carbocycles. The first-order valence-electron chi connectivity index (χ1n) is 9.20. The minimum Gasteiger partial charge on any atom is -0.379 e.